The zero-order valence-corrected chi connectivity index (χ0v) is 9.73. The van der Waals surface area contributed by atoms with Gasteiger partial charge in [-0.1, -0.05) is 0 Å². The van der Waals surface area contributed by atoms with Crippen LogP contribution in [0.15, 0.2) is 0 Å². The molecule has 0 aromatic carbocycles. The van der Waals surface area contributed by atoms with Crippen LogP contribution in [0.5, 0.6) is 0 Å². The number of rotatable bonds is 4. The van der Waals surface area contributed by atoms with Gasteiger partial charge >= 0.3 is 5.97 Å². The van der Waals surface area contributed by atoms with Gasteiger partial charge in [0.05, 0.1) is 6.42 Å². The molecule has 0 aromatic heterocycles. The minimum atomic E-state index is -0.565. The summed E-state index contributed by atoms with van der Waals surface area (Å²) >= 11 is 0. The van der Waals surface area contributed by atoms with Gasteiger partial charge in [0, 0.05) is 18.9 Å². The van der Waals surface area contributed by atoms with E-state index in [1.54, 1.807) is 0 Å². The number of carbonyl (C=O) groups excluding carboxylic acids is 3. The molecular weight excluding hydrogens is 212 g/mol. The Morgan fingerprint density at radius 3 is 2.31 bits per heavy atom. The normalized spacial score (nSPS) is 18.1. The number of amides is 2. The molecular formula is C10H16N2O4. The smallest absolute Gasteiger partial charge is 0.330 e. The Hall–Kier alpha value is -1.43. The lowest BCUT2D eigenvalue weighted by Gasteiger charge is -2.19. The lowest BCUT2D eigenvalue weighted by Crippen LogP contribution is -2.35. The van der Waals surface area contributed by atoms with Crippen molar-refractivity contribution in [2.75, 3.05) is 14.1 Å². The maximum atomic E-state index is 11.4. The topological polar surface area (TPSA) is 66.9 Å². The molecule has 0 aromatic rings. The molecule has 0 radical (unpaired) electrons. The van der Waals surface area contributed by atoms with Gasteiger partial charge in [-0.3, -0.25) is 9.59 Å². The molecule has 1 aliphatic heterocycles. The molecule has 1 aliphatic rings. The van der Waals surface area contributed by atoms with E-state index in [0.717, 1.165) is 0 Å². The predicted octanol–water partition coefficient (Wildman–Crippen LogP) is -0.0662. The summed E-state index contributed by atoms with van der Waals surface area (Å²) in [6.07, 6.45) is 0.384. The molecule has 6 heteroatoms. The van der Waals surface area contributed by atoms with E-state index < -0.39 is 17.8 Å². The van der Waals surface area contributed by atoms with Crippen molar-refractivity contribution >= 4 is 17.8 Å². The molecule has 1 unspecified atom stereocenters. The van der Waals surface area contributed by atoms with Crippen LogP contribution in [0.25, 0.3) is 0 Å². The third kappa shape index (κ3) is 3.03. The molecule has 0 N–H and O–H groups in total. The third-order valence-corrected chi connectivity index (χ3v) is 2.54. The van der Waals surface area contributed by atoms with Crippen LogP contribution < -0.4 is 0 Å². The first kappa shape index (κ1) is 12.6. The van der Waals surface area contributed by atoms with E-state index in [-0.39, 0.29) is 25.3 Å². The van der Waals surface area contributed by atoms with Gasteiger partial charge in [-0.05, 0) is 21.0 Å². The van der Waals surface area contributed by atoms with E-state index in [0.29, 0.717) is 5.06 Å². The molecule has 0 aliphatic carbocycles. The maximum Gasteiger partial charge on any atom is 0.334 e. The Bertz CT molecular complexity index is 298. The van der Waals surface area contributed by atoms with Gasteiger partial charge in [-0.2, -0.15) is 0 Å². The predicted molar refractivity (Wildman–Crippen MR) is 54.9 cm³/mol. The van der Waals surface area contributed by atoms with Crippen LogP contribution in [0.1, 0.15) is 26.2 Å². The van der Waals surface area contributed by atoms with Crippen molar-refractivity contribution in [3.63, 3.8) is 0 Å². The summed E-state index contributed by atoms with van der Waals surface area (Å²) in [5.74, 6) is -1.46. The molecule has 90 valence electrons. The largest absolute Gasteiger partial charge is 0.334 e. The van der Waals surface area contributed by atoms with Crippen LogP contribution in [0.2, 0.25) is 0 Å². The van der Waals surface area contributed by atoms with Crippen molar-refractivity contribution in [3.8, 4) is 0 Å². The Morgan fingerprint density at radius 1 is 1.38 bits per heavy atom. The first-order valence-electron chi connectivity index (χ1n) is 5.15. The van der Waals surface area contributed by atoms with E-state index in [2.05, 4.69) is 0 Å². The molecule has 1 saturated heterocycles. The number of hydroxylamine groups is 2. The average molecular weight is 228 g/mol. The van der Waals surface area contributed by atoms with Gasteiger partial charge in [0.25, 0.3) is 11.8 Å². The summed E-state index contributed by atoms with van der Waals surface area (Å²) in [4.78, 5) is 40.3. The number of hydrogen-bond donors (Lipinski definition) is 0. The van der Waals surface area contributed by atoms with Crippen molar-refractivity contribution in [2.45, 2.75) is 32.2 Å². The Kier molecular flexibility index (Phi) is 4.00. The van der Waals surface area contributed by atoms with Gasteiger partial charge in [-0.15, -0.1) is 5.06 Å². The molecule has 2 amide bonds. The van der Waals surface area contributed by atoms with E-state index in [1.165, 1.54) is 0 Å². The summed E-state index contributed by atoms with van der Waals surface area (Å²) in [7, 11) is 3.67. The second kappa shape index (κ2) is 5.07. The quantitative estimate of drug-likeness (QED) is 0.630. The Labute approximate surface area is 94.1 Å². The van der Waals surface area contributed by atoms with Crippen LogP contribution in [-0.2, 0) is 19.2 Å². The molecule has 1 rings (SSSR count). The zero-order valence-electron chi connectivity index (χ0n) is 9.73. The molecule has 0 saturated carbocycles. The molecule has 0 bridgehead atoms. The highest BCUT2D eigenvalue weighted by molar-refractivity contribution is 6.01. The molecule has 1 heterocycles. The second-order valence-corrected chi connectivity index (χ2v) is 4.06. The van der Waals surface area contributed by atoms with Crippen LogP contribution in [0.4, 0.5) is 0 Å². The van der Waals surface area contributed by atoms with E-state index in [1.807, 2.05) is 25.9 Å². The number of carbonyl (C=O) groups is 3. The summed E-state index contributed by atoms with van der Waals surface area (Å²) in [5, 5.41) is 0.574. The molecule has 0 spiro atoms. The van der Waals surface area contributed by atoms with Gasteiger partial charge in [0.15, 0.2) is 0 Å². The fraction of sp³-hybridized carbons (Fsp3) is 0.700. The highest BCUT2D eigenvalue weighted by atomic mass is 16.7. The maximum absolute atomic E-state index is 11.4. The highest BCUT2D eigenvalue weighted by Crippen LogP contribution is 2.13. The summed E-state index contributed by atoms with van der Waals surface area (Å²) < 4.78 is 0. The minimum absolute atomic E-state index is 0.000284. The van der Waals surface area contributed by atoms with E-state index in [9.17, 15) is 14.4 Å². The van der Waals surface area contributed by atoms with Crippen molar-refractivity contribution in [2.24, 2.45) is 0 Å². The Morgan fingerprint density at radius 2 is 1.88 bits per heavy atom. The molecule has 6 nitrogen and oxygen atoms in total. The highest BCUT2D eigenvalue weighted by Gasteiger charge is 2.33. The monoisotopic (exact) mass is 228 g/mol. The first-order chi connectivity index (χ1) is 7.41. The Balaban J connectivity index is 2.45. The minimum Gasteiger partial charge on any atom is -0.330 e. The standard InChI is InChI=1S/C10H16N2O4/c1-7(11(2)3)6-10(15)16-12-8(13)4-5-9(12)14/h7H,4-6H2,1-3H3. The van der Waals surface area contributed by atoms with Gasteiger partial charge < -0.3 is 9.74 Å². The lowest BCUT2D eigenvalue weighted by molar-refractivity contribution is -0.198. The molecule has 1 atom stereocenters. The lowest BCUT2D eigenvalue weighted by atomic mass is 10.2. The van der Waals surface area contributed by atoms with Crippen LogP contribution in [0, 0.1) is 0 Å². The first-order valence-corrected chi connectivity index (χ1v) is 5.15. The van der Waals surface area contributed by atoms with E-state index in [4.69, 9.17) is 4.84 Å². The summed E-state index contributed by atoms with van der Waals surface area (Å²) in [5.41, 5.74) is 0. The zero-order chi connectivity index (χ0) is 12.3. The van der Waals surface area contributed by atoms with Crippen molar-refractivity contribution in [1.29, 1.82) is 0 Å². The number of imide groups is 1. The van der Waals surface area contributed by atoms with Crippen molar-refractivity contribution in [3.05, 3.63) is 0 Å². The number of nitrogens with zero attached hydrogens (tertiary/aromatic N) is 2. The van der Waals surface area contributed by atoms with E-state index >= 15 is 0 Å². The molecule has 1 fully saturated rings. The number of hydrogen-bond acceptors (Lipinski definition) is 5. The van der Waals surface area contributed by atoms with Crippen LogP contribution >= 0.6 is 0 Å². The van der Waals surface area contributed by atoms with Crippen LogP contribution in [0.3, 0.4) is 0 Å². The van der Waals surface area contributed by atoms with Crippen LogP contribution in [-0.4, -0.2) is 47.9 Å². The average Bonchev–Trinajstić information content (AvgIpc) is 2.49. The van der Waals surface area contributed by atoms with Gasteiger partial charge in [0.1, 0.15) is 0 Å². The van der Waals surface area contributed by atoms with Gasteiger partial charge in [-0.25, -0.2) is 4.79 Å². The summed E-state index contributed by atoms with van der Waals surface area (Å²) in [6.45, 7) is 1.86. The fourth-order valence-corrected chi connectivity index (χ4v) is 1.22. The SMILES string of the molecule is CC(CC(=O)ON1C(=O)CCC1=O)N(C)C. The third-order valence-electron chi connectivity index (χ3n) is 2.54. The van der Waals surface area contributed by atoms with Gasteiger partial charge in [0.2, 0.25) is 0 Å². The van der Waals surface area contributed by atoms with Crippen molar-refractivity contribution in [1.82, 2.24) is 9.96 Å². The second-order valence-electron chi connectivity index (χ2n) is 4.06. The van der Waals surface area contributed by atoms with Crippen molar-refractivity contribution < 1.29 is 19.2 Å². The summed E-state index contributed by atoms with van der Waals surface area (Å²) in [6, 6.07) is 0.000284. The molecule has 16 heavy (non-hydrogen) atoms. The fourth-order valence-electron chi connectivity index (χ4n) is 1.22.